The third-order valence-corrected chi connectivity index (χ3v) is 3.51. The van der Waals surface area contributed by atoms with Gasteiger partial charge in [0.2, 0.25) is 0 Å². The Morgan fingerprint density at radius 3 is 2.60 bits per heavy atom. The van der Waals surface area contributed by atoms with Crippen LogP contribution < -0.4 is 11.0 Å². The zero-order chi connectivity index (χ0) is 18.9. The third-order valence-electron chi connectivity index (χ3n) is 3.51. The molecule has 0 aromatic carbocycles. The summed E-state index contributed by atoms with van der Waals surface area (Å²) in [6.07, 6.45) is -4.84. The van der Waals surface area contributed by atoms with E-state index in [-0.39, 0.29) is 12.0 Å². The fraction of sp³-hybridized carbons (Fsp3) is 0.667. The second-order valence-electron chi connectivity index (χ2n) is 7.10. The Morgan fingerprint density at radius 2 is 2.08 bits per heavy atom. The molecule has 9 nitrogen and oxygen atoms in total. The molecule has 2 rings (SSSR count). The molecule has 3 N–H and O–H groups in total. The van der Waals surface area contributed by atoms with Crippen LogP contribution in [0.5, 0.6) is 0 Å². The molecule has 0 aliphatic carbocycles. The van der Waals surface area contributed by atoms with E-state index in [0.717, 1.165) is 10.8 Å². The number of ether oxygens (including phenoxy) is 2. The molecule has 25 heavy (non-hydrogen) atoms. The summed E-state index contributed by atoms with van der Waals surface area (Å²) in [5.74, 6) is -1.61. The molecule has 4 atom stereocenters. The topological polar surface area (TPSA) is 123 Å². The lowest BCUT2D eigenvalue weighted by molar-refractivity contribution is -0.0355. The highest BCUT2D eigenvalue weighted by Crippen LogP contribution is 2.28. The summed E-state index contributed by atoms with van der Waals surface area (Å²) in [4.78, 5) is 27.1. The molecule has 1 aliphatic heterocycles. The van der Waals surface area contributed by atoms with Gasteiger partial charge in [-0.05, 0) is 12.3 Å². The third kappa shape index (κ3) is 4.53. The Hall–Kier alpha value is -2.04. The smallest absolute Gasteiger partial charge is 0.412 e. The molecular formula is C15H22FN3O6. The molecule has 10 heteroatoms. The molecule has 0 spiro atoms. The number of halogens is 1. The van der Waals surface area contributed by atoms with Gasteiger partial charge in [0.25, 0.3) is 0 Å². The van der Waals surface area contributed by atoms with Gasteiger partial charge in [0.15, 0.2) is 17.9 Å². The molecule has 0 bridgehead atoms. The van der Waals surface area contributed by atoms with Gasteiger partial charge in [0.05, 0.1) is 18.9 Å². The minimum Gasteiger partial charge on any atom is -0.449 e. The second kappa shape index (κ2) is 7.06. The van der Waals surface area contributed by atoms with E-state index in [9.17, 15) is 24.2 Å². The van der Waals surface area contributed by atoms with Crippen LogP contribution in [0.2, 0.25) is 0 Å². The quantitative estimate of drug-likeness (QED) is 0.723. The van der Waals surface area contributed by atoms with Gasteiger partial charge in [0, 0.05) is 0 Å². The molecule has 140 valence electrons. The van der Waals surface area contributed by atoms with Crippen molar-refractivity contribution in [2.45, 2.75) is 52.2 Å². The van der Waals surface area contributed by atoms with Crippen molar-refractivity contribution in [1.29, 1.82) is 0 Å². The van der Waals surface area contributed by atoms with Gasteiger partial charge in [-0.2, -0.15) is 4.98 Å². The minimum atomic E-state index is -1.41. The first-order valence-corrected chi connectivity index (χ1v) is 7.73. The molecule has 1 saturated heterocycles. The molecule has 2 heterocycles. The van der Waals surface area contributed by atoms with Crippen LogP contribution in [0.3, 0.4) is 0 Å². The number of aliphatic hydroxyl groups is 2. The van der Waals surface area contributed by atoms with E-state index in [1.54, 1.807) is 0 Å². The highest BCUT2D eigenvalue weighted by Gasteiger charge is 2.42. The van der Waals surface area contributed by atoms with Crippen molar-refractivity contribution in [2.75, 3.05) is 11.9 Å². The molecule has 1 aromatic rings. The number of anilines is 1. The maximum absolute atomic E-state index is 14.1. The Labute approximate surface area is 143 Å². The molecule has 0 saturated carbocycles. The standard InChI is InChI=1S/C15H22FN3O6/c1-7-9(20)10(21)12(25-7)19-5-8(16)11(17-13(19)22)18-14(23)24-6-15(2,3)4/h5,7,9-10,12,20-21H,6H2,1-4H3,(H,17,18,22,23)/t7-,9?,10?,12-/m1/s1. The maximum Gasteiger partial charge on any atom is 0.412 e. The largest absolute Gasteiger partial charge is 0.449 e. The lowest BCUT2D eigenvalue weighted by Gasteiger charge is -2.19. The van der Waals surface area contributed by atoms with E-state index < -0.39 is 48.0 Å². The van der Waals surface area contributed by atoms with Crippen molar-refractivity contribution >= 4 is 11.9 Å². The number of aromatic nitrogens is 2. The van der Waals surface area contributed by atoms with Crippen LogP contribution in [-0.4, -0.2) is 50.8 Å². The first kappa shape index (κ1) is 19.3. The highest BCUT2D eigenvalue weighted by molar-refractivity contribution is 5.83. The maximum atomic E-state index is 14.1. The van der Waals surface area contributed by atoms with Gasteiger partial charge in [-0.15, -0.1) is 0 Å². The van der Waals surface area contributed by atoms with Crippen molar-refractivity contribution in [3.63, 3.8) is 0 Å². The lowest BCUT2D eigenvalue weighted by atomic mass is 9.99. The highest BCUT2D eigenvalue weighted by atomic mass is 19.1. The van der Waals surface area contributed by atoms with Crippen molar-refractivity contribution in [3.05, 3.63) is 22.5 Å². The van der Waals surface area contributed by atoms with Gasteiger partial charge >= 0.3 is 11.8 Å². The fourth-order valence-corrected chi connectivity index (χ4v) is 2.19. The summed E-state index contributed by atoms with van der Waals surface area (Å²) in [6.45, 7) is 7.15. The molecule has 1 aliphatic rings. The second-order valence-corrected chi connectivity index (χ2v) is 7.10. The van der Waals surface area contributed by atoms with Gasteiger partial charge in [0.1, 0.15) is 12.2 Å². The first-order valence-electron chi connectivity index (χ1n) is 7.73. The van der Waals surface area contributed by atoms with Crippen LogP contribution in [0.4, 0.5) is 15.0 Å². The number of carbonyl (C=O) groups excluding carboxylic acids is 1. The number of carbonyl (C=O) groups is 1. The van der Waals surface area contributed by atoms with Gasteiger partial charge in [-0.1, -0.05) is 20.8 Å². The zero-order valence-electron chi connectivity index (χ0n) is 14.4. The monoisotopic (exact) mass is 359 g/mol. The number of amides is 1. The Balaban J connectivity index is 2.15. The van der Waals surface area contributed by atoms with E-state index in [1.807, 2.05) is 20.8 Å². The molecule has 2 unspecified atom stereocenters. The normalized spacial score (nSPS) is 26.5. The van der Waals surface area contributed by atoms with E-state index in [0.29, 0.717) is 0 Å². The average Bonchev–Trinajstić information content (AvgIpc) is 2.75. The van der Waals surface area contributed by atoms with Crippen molar-refractivity contribution in [3.8, 4) is 0 Å². The number of rotatable bonds is 3. The predicted molar refractivity (Wildman–Crippen MR) is 84.5 cm³/mol. The SMILES string of the molecule is C[C@H]1O[C@@H](n2cc(F)c(NC(=O)OCC(C)(C)C)nc2=O)C(O)C1O. The Morgan fingerprint density at radius 1 is 1.44 bits per heavy atom. The van der Waals surface area contributed by atoms with Crippen LogP contribution in [0.1, 0.15) is 33.9 Å². The number of hydrogen-bond donors (Lipinski definition) is 3. The summed E-state index contributed by atoms with van der Waals surface area (Å²) in [7, 11) is 0. The predicted octanol–water partition coefficient (Wildman–Crippen LogP) is 0.616. The summed E-state index contributed by atoms with van der Waals surface area (Å²) in [6, 6.07) is 0. The first-order chi connectivity index (χ1) is 11.5. The van der Waals surface area contributed by atoms with E-state index in [4.69, 9.17) is 9.47 Å². The van der Waals surface area contributed by atoms with Gasteiger partial charge in [-0.3, -0.25) is 9.88 Å². The summed E-state index contributed by atoms with van der Waals surface area (Å²) >= 11 is 0. The Kier molecular flexibility index (Phi) is 5.45. The minimum absolute atomic E-state index is 0.0927. The number of hydrogen-bond acceptors (Lipinski definition) is 7. The van der Waals surface area contributed by atoms with Crippen LogP contribution in [-0.2, 0) is 9.47 Å². The molecule has 0 radical (unpaired) electrons. The van der Waals surface area contributed by atoms with E-state index in [1.165, 1.54) is 6.92 Å². The molecule has 1 amide bonds. The van der Waals surface area contributed by atoms with Gasteiger partial charge < -0.3 is 19.7 Å². The van der Waals surface area contributed by atoms with Crippen LogP contribution in [0.15, 0.2) is 11.0 Å². The Bertz CT molecular complexity index is 701. The van der Waals surface area contributed by atoms with Crippen LogP contribution in [0.25, 0.3) is 0 Å². The summed E-state index contributed by atoms with van der Waals surface area (Å²) in [5, 5.41) is 21.6. The van der Waals surface area contributed by atoms with Gasteiger partial charge in [-0.25, -0.2) is 14.0 Å². The summed E-state index contributed by atoms with van der Waals surface area (Å²) < 4.78 is 25.0. The van der Waals surface area contributed by atoms with Crippen molar-refractivity contribution < 1.29 is 28.9 Å². The number of nitrogens with one attached hydrogen (secondary N) is 1. The number of nitrogens with zero attached hydrogens (tertiary/aromatic N) is 2. The van der Waals surface area contributed by atoms with E-state index in [2.05, 4.69) is 10.3 Å². The van der Waals surface area contributed by atoms with Crippen molar-refractivity contribution in [2.24, 2.45) is 5.41 Å². The molecule has 1 aromatic heterocycles. The summed E-state index contributed by atoms with van der Waals surface area (Å²) in [5.41, 5.74) is -1.24. The average molecular weight is 359 g/mol. The fourth-order valence-electron chi connectivity index (χ4n) is 2.19. The van der Waals surface area contributed by atoms with Crippen LogP contribution in [0, 0.1) is 11.2 Å². The molecule has 1 fully saturated rings. The van der Waals surface area contributed by atoms with Crippen molar-refractivity contribution in [1.82, 2.24) is 9.55 Å². The number of aliphatic hydroxyl groups excluding tert-OH is 2. The lowest BCUT2D eigenvalue weighted by Crippen LogP contribution is -2.36. The van der Waals surface area contributed by atoms with Crippen LogP contribution >= 0.6 is 0 Å². The van der Waals surface area contributed by atoms with E-state index >= 15 is 0 Å². The zero-order valence-corrected chi connectivity index (χ0v) is 14.4. The molecular weight excluding hydrogens is 337 g/mol.